The van der Waals surface area contributed by atoms with Crippen LogP contribution >= 0.6 is 24.0 Å². The minimum Gasteiger partial charge on any atom is -0.505 e. The van der Waals surface area contributed by atoms with Crippen LogP contribution in [0, 0.1) is 12.7 Å². The maximum Gasteiger partial charge on any atom is 0.191 e. The van der Waals surface area contributed by atoms with Gasteiger partial charge in [0, 0.05) is 13.1 Å². The number of rotatable bonds is 5. The van der Waals surface area contributed by atoms with Gasteiger partial charge in [-0.2, -0.15) is 0 Å². The molecular weight excluding hydrogens is 420 g/mol. The molecule has 2 aromatic carbocycles. The van der Waals surface area contributed by atoms with Gasteiger partial charge in [-0.05, 0) is 37.1 Å². The Morgan fingerprint density at radius 2 is 1.92 bits per heavy atom. The Kier molecular flexibility index (Phi) is 8.53. The zero-order valence-electron chi connectivity index (χ0n) is 13.8. The quantitative estimate of drug-likeness (QED) is 0.375. The van der Waals surface area contributed by atoms with Gasteiger partial charge in [-0.25, -0.2) is 9.38 Å². The fourth-order valence-corrected chi connectivity index (χ4v) is 2.17. The van der Waals surface area contributed by atoms with Crippen molar-refractivity contribution in [2.24, 2.45) is 4.99 Å². The number of aryl methyl sites for hydroxylation is 1. The minimum absolute atomic E-state index is 0. The van der Waals surface area contributed by atoms with E-state index in [0.29, 0.717) is 19.0 Å². The van der Waals surface area contributed by atoms with Crippen molar-refractivity contribution in [1.29, 1.82) is 0 Å². The molecule has 3 N–H and O–H groups in total. The van der Waals surface area contributed by atoms with Crippen molar-refractivity contribution in [2.75, 3.05) is 6.54 Å². The summed E-state index contributed by atoms with van der Waals surface area (Å²) in [6, 6.07) is 12.5. The zero-order chi connectivity index (χ0) is 16.7. The van der Waals surface area contributed by atoms with Crippen LogP contribution in [-0.4, -0.2) is 17.6 Å². The molecular formula is C18H23FIN3O. The molecule has 6 heteroatoms. The van der Waals surface area contributed by atoms with Crippen LogP contribution in [0.15, 0.2) is 47.5 Å². The van der Waals surface area contributed by atoms with Gasteiger partial charge in [0.1, 0.15) is 0 Å². The van der Waals surface area contributed by atoms with Crippen molar-refractivity contribution in [3.8, 4) is 5.75 Å². The number of phenols is 1. The molecule has 0 heterocycles. The van der Waals surface area contributed by atoms with Crippen LogP contribution in [0.3, 0.4) is 0 Å². The third-order valence-corrected chi connectivity index (χ3v) is 3.32. The lowest BCUT2D eigenvalue weighted by Crippen LogP contribution is -2.36. The van der Waals surface area contributed by atoms with E-state index < -0.39 is 5.82 Å². The highest BCUT2D eigenvalue weighted by molar-refractivity contribution is 14.0. The lowest BCUT2D eigenvalue weighted by Gasteiger charge is -2.12. The van der Waals surface area contributed by atoms with Gasteiger partial charge < -0.3 is 15.7 Å². The Hall–Kier alpha value is -1.83. The van der Waals surface area contributed by atoms with Crippen LogP contribution in [0.25, 0.3) is 0 Å². The molecule has 0 aliphatic heterocycles. The largest absolute Gasteiger partial charge is 0.505 e. The number of hydrogen-bond acceptors (Lipinski definition) is 2. The summed E-state index contributed by atoms with van der Waals surface area (Å²) in [5.41, 5.74) is 3.08. The van der Waals surface area contributed by atoms with Gasteiger partial charge in [-0.15, -0.1) is 24.0 Å². The van der Waals surface area contributed by atoms with Crippen molar-refractivity contribution in [3.05, 3.63) is 65.0 Å². The molecule has 0 atom stereocenters. The van der Waals surface area contributed by atoms with Gasteiger partial charge in [0.2, 0.25) is 0 Å². The standard InChI is InChI=1S/C18H22FN3O.HI/c1-3-20-18(21-11-14-6-4-5-13(2)9-14)22-12-15-7-8-17(23)16(19)10-15;/h4-10,23H,3,11-12H2,1-2H3,(H2,20,21,22);1H. The Morgan fingerprint density at radius 3 is 2.58 bits per heavy atom. The lowest BCUT2D eigenvalue weighted by molar-refractivity contribution is 0.431. The molecule has 130 valence electrons. The SMILES string of the molecule is CCNC(=NCc1cccc(C)c1)NCc1ccc(O)c(F)c1.I. The summed E-state index contributed by atoms with van der Waals surface area (Å²) in [5.74, 6) is -0.290. The predicted octanol–water partition coefficient (Wildman–Crippen LogP) is 3.71. The second kappa shape index (κ2) is 10.1. The van der Waals surface area contributed by atoms with Crippen molar-refractivity contribution >= 4 is 29.9 Å². The molecule has 0 unspecified atom stereocenters. The molecule has 4 nitrogen and oxygen atoms in total. The molecule has 0 amide bonds. The molecule has 0 aromatic heterocycles. The number of phenolic OH excluding ortho intramolecular Hbond substituents is 1. The molecule has 0 aliphatic rings. The highest BCUT2D eigenvalue weighted by Gasteiger charge is 2.03. The third-order valence-electron chi connectivity index (χ3n) is 3.32. The van der Waals surface area contributed by atoms with Crippen molar-refractivity contribution < 1.29 is 9.50 Å². The highest BCUT2D eigenvalue weighted by atomic mass is 127. The third kappa shape index (κ3) is 6.35. The number of nitrogens with zero attached hydrogens (tertiary/aromatic N) is 1. The summed E-state index contributed by atoms with van der Waals surface area (Å²) in [7, 11) is 0. The topological polar surface area (TPSA) is 56.7 Å². The summed E-state index contributed by atoms with van der Waals surface area (Å²) in [6.45, 7) is 5.78. The number of guanidine groups is 1. The van der Waals surface area contributed by atoms with Crippen LogP contribution in [0.5, 0.6) is 5.75 Å². The van der Waals surface area contributed by atoms with E-state index in [2.05, 4.69) is 34.7 Å². The van der Waals surface area contributed by atoms with Crippen molar-refractivity contribution in [1.82, 2.24) is 10.6 Å². The Balaban J connectivity index is 0.00000288. The lowest BCUT2D eigenvalue weighted by atomic mass is 10.1. The van der Waals surface area contributed by atoms with Crippen LogP contribution < -0.4 is 10.6 Å². The van der Waals surface area contributed by atoms with Gasteiger partial charge in [0.05, 0.1) is 6.54 Å². The van der Waals surface area contributed by atoms with Crippen molar-refractivity contribution in [2.45, 2.75) is 26.9 Å². The Bertz CT molecular complexity index is 692. The van der Waals surface area contributed by atoms with Crippen LogP contribution in [-0.2, 0) is 13.1 Å². The van der Waals surface area contributed by atoms with Gasteiger partial charge in [0.15, 0.2) is 17.5 Å². The first-order valence-electron chi connectivity index (χ1n) is 7.63. The highest BCUT2D eigenvalue weighted by Crippen LogP contribution is 2.15. The first-order chi connectivity index (χ1) is 11.1. The summed E-state index contributed by atoms with van der Waals surface area (Å²) >= 11 is 0. The van der Waals surface area contributed by atoms with Crippen LogP contribution in [0.2, 0.25) is 0 Å². The molecule has 0 aliphatic carbocycles. The normalized spacial score (nSPS) is 10.9. The summed E-state index contributed by atoms with van der Waals surface area (Å²) in [6.07, 6.45) is 0. The van der Waals surface area contributed by atoms with Gasteiger partial charge in [0.25, 0.3) is 0 Å². The van der Waals surface area contributed by atoms with Crippen molar-refractivity contribution in [3.63, 3.8) is 0 Å². The molecule has 0 radical (unpaired) electrons. The Labute approximate surface area is 159 Å². The fraction of sp³-hybridized carbons (Fsp3) is 0.278. The first kappa shape index (κ1) is 20.2. The van der Waals surface area contributed by atoms with Gasteiger partial charge in [-0.1, -0.05) is 35.9 Å². The zero-order valence-corrected chi connectivity index (χ0v) is 16.2. The number of halogens is 2. The maximum absolute atomic E-state index is 13.3. The van der Waals surface area contributed by atoms with E-state index in [4.69, 9.17) is 0 Å². The molecule has 2 aromatic rings. The fourth-order valence-electron chi connectivity index (χ4n) is 2.17. The van der Waals surface area contributed by atoms with Crippen LogP contribution in [0.1, 0.15) is 23.6 Å². The summed E-state index contributed by atoms with van der Waals surface area (Å²) in [5, 5.41) is 15.5. The number of aromatic hydroxyl groups is 1. The molecule has 24 heavy (non-hydrogen) atoms. The number of nitrogens with one attached hydrogen (secondary N) is 2. The van der Waals surface area contributed by atoms with E-state index in [1.165, 1.54) is 17.7 Å². The molecule has 0 spiro atoms. The smallest absolute Gasteiger partial charge is 0.191 e. The summed E-state index contributed by atoms with van der Waals surface area (Å²) < 4.78 is 13.3. The van der Waals surface area contributed by atoms with E-state index in [-0.39, 0.29) is 29.7 Å². The van der Waals surface area contributed by atoms with E-state index in [9.17, 15) is 9.50 Å². The predicted molar refractivity (Wildman–Crippen MR) is 106 cm³/mol. The molecule has 0 saturated carbocycles. The Morgan fingerprint density at radius 1 is 1.12 bits per heavy atom. The number of hydrogen-bond donors (Lipinski definition) is 3. The number of benzene rings is 2. The van der Waals surface area contributed by atoms with E-state index in [0.717, 1.165) is 17.7 Å². The summed E-state index contributed by atoms with van der Waals surface area (Å²) in [4.78, 5) is 4.53. The van der Waals surface area contributed by atoms with Gasteiger partial charge in [-0.3, -0.25) is 0 Å². The molecule has 0 fully saturated rings. The number of aliphatic imine (C=N–C) groups is 1. The van der Waals surface area contributed by atoms with E-state index in [1.54, 1.807) is 6.07 Å². The average molecular weight is 443 g/mol. The van der Waals surface area contributed by atoms with Gasteiger partial charge >= 0.3 is 0 Å². The average Bonchev–Trinajstić information content (AvgIpc) is 2.53. The first-order valence-corrected chi connectivity index (χ1v) is 7.63. The van der Waals surface area contributed by atoms with E-state index >= 15 is 0 Å². The molecule has 0 saturated heterocycles. The second-order valence-electron chi connectivity index (χ2n) is 5.32. The minimum atomic E-state index is -0.619. The molecule has 2 rings (SSSR count). The second-order valence-corrected chi connectivity index (χ2v) is 5.32. The van der Waals surface area contributed by atoms with E-state index in [1.807, 2.05) is 19.1 Å². The molecule has 0 bridgehead atoms. The van der Waals surface area contributed by atoms with Crippen LogP contribution in [0.4, 0.5) is 4.39 Å². The maximum atomic E-state index is 13.3. The monoisotopic (exact) mass is 443 g/mol.